The number of rotatable bonds is 5. The highest BCUT2D eigenvalue weighted by molar-refractivity contribution is 5.10. The second kappa shape index (κ2) is 5.16. The van der Waals surface area contributed by atoms with E-state index in [4.69, 9.17) is 9.47 Å². The molecule has 0 N–H and O–H groups in total. The van der Waals surface area contributed by atoms with E-state index in [-0.39, 0.29) is 0 Å². The van der Waals surface area contributed by atoms with Crippen molar-refractivity contribution in [2.75, 3.05) is 13.2 Å². The largest absolute Gasteiger partial charge is 0.490 e. The molecule has 84 valence electrons. The third kappa shape index (κ3) is 3.23. The molecule has 4 nitrogen and oxygen atoms in total. The van der Waals surface area contributed by atoms with Crippen LogP contribution in [-0.4, -0.2) is 29.1 Å². The van der Waals surface area contributed by atoms with E-state index in [0.29, 0.717) is 6.10 Å². The van der Waals surface area contributed by atoms with Crippen LogP contribution in [-0.2, 0) is 11.8 Å². The molecular formula is C11H18N2O2. The standard InChI is InChI=1S/C11H18N2O2/c1-13-9-11(8-12-13)15-7-3-5-10-4-2-6-14-10/h8-10H,2-7H2,1H3. The van der Waals surface area contributed by atoms with Crippen LogP contribution in [0.5, 0.6) is 5.75 Å². The highest BCUT2D eigenvalue weighted by Crippen LogP contribution is 2.17. The molecule has 15 heavy (non-hydrogen) atoms. The Morgan fingerprint density at radius 1 is 1.67 bits per heavy atom. The van der Waals surface area contributed by atoms with E-state index in [9.17, 15) is 0 Å². The van der Waals surface area contributed by atoms with Gasteiger partial charge in [0.15, 0.2) is 5.75 Å². The quantitative estimate of drug-likeness (QED) is 0.695. The normalized spacial score (nSPS) is 20.7. The Bertz CT molecular complexity index is 293. The number of nitrogens with zero attached hydrogens (tertiary/aromatic N) is 2. The van der Waals surface area contributed by atoms with Crippen LogP contribution in [0.15, 0.2) is 12.4 Å². The summed E-state index contributed by atoms with van der Waals surface area (Å²) in [6.07, 6.45) is 8.70. The van der Waals surface area contributed by atoms with Gasteiger partial charge in [0.05, 0.1) is 25.1 Å². The Morgan fingerprint density at radius 2 is 2.60 bits per heavy atom. The molecule has 1 aromatic heterocycles. The lowest BCUT2D eigenvalue weighted by Crippen LogP contribution is -2.07. The van der Waals surface area contributed by atoms with E-state index in [0.717, 1.165) is 31.8 Å². The fraction of sp³-hybridized carbons (Fsp3) is 0.727. The van der Waals surface area contributed by atoms with Gasteiger partial charge in [-0.05, 0) is 25.7 Å². The van der Waals surface area contributed by atoms with Crippen LogP contribution >= 0.6 is 0 Å². The van der Waals surface area contributed by atoms with Crippen molar-refractivity contribution in [3.8, 4) is 5.75 Å². The highest BCUT2D eigenvalue weighted by Gasteiger charge is 2.14. The monoisotopic (exact) mass is 210 g/mol. The lowest BCUT2D eigenvalue weighted by Gasteiger charge is -2.08. The SMILES string of the molecule is Cn1cc(OCCCC2CCCO2)cn1. The van der Waals surface area contributed by atoms with Crippen LogP contribution in [0.1, 0.15) is 25.7 Å². The van der Waals surface area contributed by atoms with E-state index >= 15 is 0 Å². The summed E-state index contributed by atoms with van der Waals surface area (Å²) in [6, 6.07) is 0. The molecule has 2 heterocycles. The molecule has 0 spiro atoms. The van der Waals surface area contributed by atoms with Crippen LogP contribution in [0.3, 0.4) is 0 Å². The first kappa shape index (κ1) is 10.5. The fourth-order valence-corrected chi connectivity index (χ4v) is 1.85. The molecule has 1 fully saturated rings. The first-order valence-corrected chi connectivity index (χ1v) is 5.57. The third-order valence-electron chi connectivity index (χ3n) is 2.64. The summed E-state index contributed by atoms with van der Waals surface area (Å²) in [7, 11) is 1.89. The summed E-state index contributed by atoms with van der Waals surface area (Å²) in [5, 5.41) is 4.04. The van der Waals surface area contributed by atoms with Crippen LogP contribution in [0.4, 0.5) is 0 Å². The summed E-state index contributed by atoms with van der Waals surface area (Å²) in [5.41, 5.74) is 0. The molecule has 0 aromatic carbocycles. The van der Waals surface area contributed by atoms with Gasteiger partial charge in [-0.1, -0.05) is 0 Å². The minimum absolute atomic E-state index is 0.475. The van der Waals surface area contributed by atoms with Crippen molar-refractivity contribution >= 4 is 0 Å². The van der Waals surface area contributed by atoms with Crippen molar-refractivity contribution in [1.82, 2.24) is 9.78 Å². The summed E-state index contributed by atoms with van der Waals surface area (Å²) in [4.78, 5) is 0. The summed E-state index contributed by atoms with van der Waals surface area (Å²) >= 11 is 0. The maximum absolute atomic E-state index is 5.55. The summed E-state index contributed by atoms with van der Waals surface area (Å²) in [5.74, 6) is 0.852. The van der Waals surface area contributed by atoms with Gasteiger partial charge in [-0.15, -0.1) is 0 Å². The van der Waals surface area contributed by atoms with Crippen LogP contribution in [0.2, 0.25) is 0 Å². The summed E-state index contributed by atoms with van der Waals surface area (Å²) < 4.78 is 12.8. The van der Waals surface area contributed by atoms with Gasteiger partial charge in [0.1, 0.15) is 0 Å². The molecule has 2 rings (SSSR count). The number of hydrogen-bond donors (Lipinski definition) is 0. The van der Waals surface area contributed by atoms with Crippen LogP contribution in [0.25, 0.3) is 0 Å². The smallest absolute Gasteiger partial charge is 0.157 e. The zero-order valence-electron chi connectivity index (χ0n) is 9.19. The van der Waals surface area contributed by atoms with Crippen LogP contribution < -0.4 is 4.74 Å². The van der Waals surface area contributed by atoms with Crippen molar-refractivity contribution in [3.63, 3.8) is 0 Å². The van der Waals surface area contributed by atoms with E-state index in [1.165, 1.54) is 12.8 Å². The topological polar surface area (TPSA) is 36.3 Å². The molecule has 0 aliphatic carbocycles. The number of aromatic nitrogens is 2. The zero-order valence-corrected chi connectivity index (χ0v) is 9.19. The van der Waals surface area contributed by atoms with E-state index in [1.54, 1.807) is 10.9 Å². The molecule has 1 atom stereocenters. The molecule has 0 saturated carbocycles. The van der Waals surface area contributed by atoms with E-state index in [1.807, 2.05) is 13.2 Å². The second-order valence-electron chi connectivity index (χ2n) is 3.98. The average Bonchev–Trinajstić information content (AvgIpc) is 2.84. The molecule has 1 unspecified atom stereocenters. The fourth-order valence-electron chi connectivity index (χ4n) is 1.85. The molecule has 4 heteroatoms. The zero-order chi connectivity index (χ0) is 10.5. The Labute approximate surface area is 90.2 Å². The van der Waals surface area contributed by atoms with Gasteiger partial charge in [0.2, 0.25) is 0 Å². The van der Waals surface area contributed by atoms with Crippen molar-refractivity contribution in [1.29, 1.82) is 0 Å². The van der Waals surface area contributed by atoms with Gasteiger partial charge in [0.25, 0.3) is 0 Å². The first-order chi connectivity index (χ1) is 7.34. The van der Waals surface area contributed by atoms with Crippen molar-refractivity contribution in [3.05, 3.63) is 12.4 Å². The molecule has 0 bridgehead atoms. The van der Waals surface area contributed by atoms with Gasteiger partial charge in [0, 0.05) is 13.7 Å². The van der Waals surface area contributed by atoms with Gasteiger partial charge in [-0.3, -0.25) is 4.68 Å². The molecule has 1 saturated heterocycles. The minimum atomic E-state index is 0.475. The first-order valence-electron chi connectivity index (χ1n) is 5.57. The molecular weight excluding hydrogens is 192 g/mol. The van der Waals surface area contributed by atoms with Crippen LogP contribution in [0, 0.1) is 0 Å². The third-order valence-corrected chi connectivity index (χ3v) is 2.64. The van der Waals surface area contributed by atoms with E-state index in [2.05, 4.69) is 5.10 Å². The molecule has 1 aliphatic heterocycles. The van der Waals surface area contributed by atoms with Gasteiger partial charge >= 0.3 is 0 Å². The number of hydrogen-bond acceptors (Lipinski definition) is 3. The van der Waals surface area contributed by atoms with E-state index < -0.39 is 0 Å². The predicted octanol–water partition coefficient (Wildman–Crippen LogP) is 1.76. The highest BCUT2D eigenvalue weighted by atomic mass is 16.5. The summed E-state index contributed by atoms with van der Waals surface area (Å²) in [6.45, 7) is 1.69. The van der Waals surface area contributed by atoms with Gasteiger partial charge in [-0.2, -0.15) is 5.10 Å². The average molecular weight is 210 g/mol. The Hall–Kier alpha value is -1.03. The molecule has 0 amide bonds. The Balaban J connectivity index is 1.58. The van der Waals surface area contributed by atoms with Crippen molar-refractivity contribution in [2.45, 2.75) is 31.8 Å². The minimum Gasteiger partial charge on any atom is -0.490 e. The molecule has 1 aliphatic rings. The molecule has 1 aromatic rings. The van der Waals surface area contributed by atoms with Gasteiger partial charge < -0.3 is 9.47 Å². The van der Waals surface area contributed by atoms with Crippen molar-refractivity contribution in [2.24, 2.45) is 7.05 Å². The number of ether oxygens (including phenoxy) is 2. The van der Waals surface area contributed by atoms with Crippen molar-refractivity contribution < 1.29 is 9.47 Å². The Kier molecular flexibility index (Phi) is 3.61. The van der Waals surface area contributed by atoms with Gasteiger partial charge in [-0.25, -0.2) is 0 Å². The maximum Gasteiger partial charge on any atom is 0.157 e. The predicted molar refractivity (Wildman–Crippen MR) is 56.9 cm³/mol. The maximum atomic E-state index is 5.55. The molecule has 0 radical (unpaired) electrons. The lowest BCUT2D eigenvalue weighted by molar-refractivity contribution is 0.0981. The lowest BCUT2D eigenvalue weighted by atomic mass is 10.1. The number of aryl methyl sites for hydroxylation is 1. The second-order valence-corrected chi connectivity index (χ2v) is 3.98. The Morgan fingerprint density at radius 3 is 3.27 bits per heavy atom.